The van der Waals surface area contributed by atoms with Crippen molar-refractivity contribution in [2.24, 2.45) is 5.73 Å². The molecule has 0 aliphatic carbocycles. The number of thiophene rings is 1. The average molecular weight is 312 g/mol. The van der Waals surface area contributed by atoms with Crippen molar-refractivity contribution < 1.29 is 4.74 Å². The Bertz CT molecular complexity index is 498. The zero-order chi connectivity index (χ0) is 12.3. The van der Waals surface area contributed by atoms with Crippen LogP contribution in [-0.2, 0) is 6.42 Å². The number of methoxy groups -OCH3 is 1. The van der Waals surface area contributed by atoms with E-state index in [0.717, 1.165) is 21.5 Å². The SMILES string of the molecule is COc1csc(C(N)Cc2cccc(Br)c2)c1. The lowest BCUT2D eigenvalue weighted by Gasteiger charge is -2.09. The van der Waals surface area contributed by atoms with Gasteiger partial charge in [-0.3, -0.25) is 0 Å². The van der Waals surface area contributed by atoms with Gasteiger partial charge < -0.3 is 10.5 Å². The molecule has 0 bridgehead atoms. The van der Waals surface area contributed by atoms with Crippen molar-refractivity contribution in [2.75, 3.05) is 7.11 Å². The molecule has 90 valence electrons. The second-order valence-corrected chi connectivity index (χ2v) is 5.69. The molecule has 1 heterocycles. The van der Waals surface area contributed by atoms with Gasteiger partial charge in [0.05, 0.1) is 7.11 Å². The van der Waals surface area contributed by atoms with Crippen molar-refractivity contribution in [3.63, 3.8) is 0 Å². The van der Waals surface area contributed by atoms with Crippen LogP contribution in [0.3, 0.4) is 0 Å². The number of hydrogen-bond acceptors (Lipinski definition) is 3. The summed E-state index contributed by atoms with van der Waals surface area (Å²) in [5.41, 5.74) is 7.42. The standard InChI is InChI=1S/C13H14BrNOS/c1-16-11-7-13(17-8-11)12(15)6-9-3-2-4-10(14)5-9/h2-5,7-8,12H,6,15H2,1H3. The van der Waals surface area contributed by atoms with E-state index in [1.54, 1.807) is 18.4 Å². The first-order valence-corrected chi connectivity index (χ1v) is 6.99. The van der Waals surface area contributed by atoms with Gasteiger partial charge in [0.25, 0.3) is 0 Å². The van der Waals surface area contributed by atoms with E-state index >= 15 is 0 Å². The molecular formula is C13H14BrNOS. The molecule has 2 nitrogen and oxygen atoms in total. The molecule has 1 unspecified atom stereocenters. The maximum Gasteiger partial charge on any atom is 0.129 e. The van der Waals surface area contributed by atoms with Crippen molar-refractivity contribution in [2.45, 2.75) is 12.5 Å². The third-order valence-electron chi connectivity index (χ3n) is 2.54. The Hall–Kier alpha value is -0.840. The predicted molar refractivity (Wildman–Crippen MR) is 75.6 cm³/mol. The number of ether oxygens (including phenoxy) is 1. The fourth-order valence-corrected chi connectivity index (χ4v) is 2.96. The van der Waals surface area contributed by atoms with Crippen LogP contribution >= 0.6 is 27.3 Å². The van der Waals surface area contributed by atoms with Gasteiger partial charge in [-0.1, -0.05) is 28.1 Å². The topological polar surface area (TPSA) is 35.2 Å². The fraction of sp³-hybridized carbons (Fsp3) is 0.231. The molecule has 0 aliphatic heterocycles. The van der Waals surface area contributed by atoms with Crippen LogP contribution in [-0.4, -0.2) is 7.11 Å². The molecule has 1 aromatic carbocycles. The summed E-state index contributed by atoms with van der Waals surface area (Å²) in [5, 5.41) is 1.98. The Morgan fingerprint density at radius 1 is 1.41 bits per heavy atom. The summed E-state index contributed by atoms with van der Waals surface area (Å²) in [6.07, 6.45) is 0.836. The van der Waals surface area contributed by atoms with Crippen LogP contribution < -0.4 is 10.5 Å². The van der Waals surface area contributed by atoms with Crippen LogP contribution in [0.5, 0.6) is 5.75 Å². The number of rotatable bonds is 4. The van der Waals surface area contributed by atoms with Gasteiger partial charge in [-0.2, -0.15) is 0 Å². The predicted octanol–water partition coefficient (Wildman–Crippen LogP) is 3.76. The molecule has 0 fully saturated rings. The average Bonchev–Trinajstić information content (AvgIpc) is 2.77. The highest BCUT2D eigenvalue weighted by atomic mass is 79.9. The third-order valence-corrected chi connectivity index (χ3v) is 4.08. The van der Waals surface area contributed by atoms with E-state index in [2.05, 4.69) is 28.1 Å². The summed E-state index contributed by atoms with van der Waals surface area (Å²) in [6, 6.07) is 10.3. The Balaban J connectivity index is 2.08. The monoisotopic (exact) mass is 311 g/mol. The van der Waals surface area contributed by atoms with E-state index in [1.165, 1.54) is 5.56 Å². The first-order valence-electron chi connectivity index (χ1n) is 5.31. The molecule has 0 saturated heterocycles. The smallest absolute Gasteiger partial charge is 0.129 e. The lowest BCUT2D eigenvalue weighted by Crippen LogP contribution is -2.11. The molecule has 0 saturated carbocycles. The van der Waals surface area contributed by atoms with Crippen molar-refractivity contribution in [3.8, 4) is 5.75 Å². The van der Waals surface area contributed by atoms with E-state index in [-0.39, 0.29) is 6.04 Å². The second kappa shape index (κ2) is 5.67. The molecule has 2 N–H and O–H groups in total. The molecular weight excluding hydrogens is 298 g/mol. The van der Waals surface area contributed by atoms with Gasteiger partial charge in [0.2, 0.25) is 0 Å². The zero-order valence-electron chi connectivity index (χ0n) is 9.52. The van der Waals surface area contributed by atoms with Gasteiger partial charge in [0.15, 0.2) is 0 Å². The van der Waals surface area contributed by atoms with E-state index < -0.39 is 0 Å². The summed E-state index contributed by atoms with van der Waals surface area (Å²) in [5.74, 6) is 0.884. The van der Waals surface area contributed by atoms with Crippen LogP contribution in [0, 0.1) is 0 Å². The fourth-order valence-electron chi connectivity index (χ4n) is 1.65. The quantitative estimate of drug-likeness (QED) is 0.933. The minimum absolute atomic E-state index is 0.0261. The first-order chi connectivity index (χ1) is 8.19. The molecule has 0 spiro atoms. The Morgan fingerprint density at radius 2 is 2.24 bits per heavy atom. The van der Waals surface area contributed by atoms with Gasteiger partial charge >= 0.3 is 0 Å². The Morgan fingerprint density at radius 3 is 2.88 bits per heavy atom. The molecule has 2 aromatic rings. The van der Waals surface area contributed by atoms with E-state index in [9.17, 15) is 0 Å². The largest absolute Gasteiger partial charge is 0.496 e. The van der Waals surface area contributed by atoms with Crippen molar-refractivity contribution in [1.82, 2.24) is 0 Å². The minimum Gasteiger partial charge on any atom is -0.496 e. The number of halogens is 1. The minimum atomic E-state index is 0.0261. The summed E-state index contributed by atoms with van der Waals surface area (Å²) < 4.78 is 6.25. The summed E-state index contributed by atoms with van der Waals surface area (Å²) in [6.45, 7) is 0. The number of nitrogens with two attached hydrogens (primary N) is 1. The van der Waals surface area contributed by atoms with Gasteiger partial charge in [-0.05, 0) is 30.2 Å². The normalized spacial score (nSPS) is 12.4. The molecule has 2 rings (SSSR count). The summed E-state index contributed by atoms with van der Waals surface area (Å²) >= 11 is 5.11. The number of hydrogen-bond donors (Lipinski definition) is 1. The maximum absolute atomic E-state index is 6.18. The Labute approximate surface area is 114 Å². The molecule has 1 atom stereocenters. The highest BCUT2D eigenvalue weighted by Gasteiger charge is 2.10. The molecule has 4 heteroatoms. The number of benzene rings is 1. The van der Waals surface area contributed by atoms with E-state index in [0.29, 0.717) is 0 Å². The lowest BCUT2D eigenvalue weighted by atomic mass is 10.1. The molecule has 1 aromatic heterocycles. The van der Waals surface area contributed by atoms with Gasteiger partial charge in [-0.25, -0.2) is 0 Å². The van der Waals surface area contributed by atoms with Crippen LogP contribution in [0.15, 0.2) is 40.2 Å². The molecule has 0 aliphatic rings. The van der Waals surface area contributed by atoms with E-state index in [4.69, 9.17) is 10.5 Å². The maximum atomic E-state index is 6.18. The van der Waals surface area contributed by atoms with Crippen LogP contribution in [0.25, 0.3) is 0 Å². The molecule has 17 heavy (non-hydrogen) atoms. The lowest BCUT2D eigenvalue weighted by molar-refractivity contribution is 0.416. The highest BCUT2D eigenvalue weighted by molar-refractivity contribution is 9.10. The summed E-state index contributed by atoms with van der Waals surface area (Å²) in [4.78, 5) is 1.15. The van der Waals surface area contributed by atoms with Crippen LogP contribution in [0.2, 0.25) is 0 Å². The van der Waals surface area contributed by atoms with Crippen molar-refractivity contribution >= 4 is 27.3 Å². The first kappa shape index (κ1) is 12.6. The summed E-state index contributed by atoms with van der Waals surface area (Å²) in [7, 11) is 1.67. The van der Waals surface area contributed by atoms with Crippen LogP contribution in [0.4, 0.5) is 0 Å². The molecule has 0 amide bonds. The van der Waals surface area contributed by atoms with Crippen LogP contribution in [0.1, 0.15) is 16.5 Å². The molecule has 0 radical (unpaired) electrons. The highest BCUT2D eigenvalue weighted by Crippen LogP contribution is 2.27. The van der Waals surface area contributed by atoms with Gasteiger partial charge in [0, 0.05) is 20.8 Å². The van der Waals surface area contributed by atoms with Gasteiger partial charge in [0.1, 0.15) is 5.75 Å². The van der Waals surface area contributed by atoms with E-state index in [1.807, 2.05) is 23.6 Å². The second-order valence-electron chi connectivity index (χ2n) is 3.83. The van der Waals surface area contributed by atoms with Gasteiger partial charge in [-0.15, -0.1) is 11.3 Å². The van der Waals surface area contributed by atoms with Crippen molar-refractivity contribution in [3.05, 3.63) is 50.6 Å². The Kier molecular flexibility index (Phi) is 4.20. The third kappa shape index (κ3) is 3.31. The van der Waals surface area contributed by atoms with Crippen molar-refractivity contribution in [1.29, 1.82) is 0 Å². The zero-order valence-corrected chi connectivity index (χ0v) is 11.9.